The lowest BCUT2D eigenvalue weighted by atomic mass is 10.1. The molecule has 2 aromatic rings. The van der Waals surface area contributed by atoms with Gasteiger partial charge >= 0.3 is 5.97 Å². The minimum absolute atomic E-state index is 0.162. The Morgan fingerprint density at radius 3 is 2.82 bits per heavy atom. The van der Waals surface area contributed by atoms with Gasteiger partial charge in [0.1, 0.15) is 11.9 Å². The van der Waals surface area contributed by atoms with Crippen molar-refractivity contribution in [1.29, 1.82) is 0 Å². The molecule has 12 heteroatoms. The first-order chi connectivity index (χ1) is 15.6. The second-order valence-electron chi connectivity index (χ2n) is 8.48. The largest absolute Gasteiger partial charge is 0.480 e. The van der Waals surface area contributed by atoms with E-state index in [0.717, 1.165) is 30.9 Å². The second-order valence-corrected chi connectivity index (χ2v) is 10.3. The molecule has 1 atom stereocenters. The summed E-state index contributed by atoms with van der Waals surface area (Å²) in [6, 6.07) is 2.62. The second kappa shape index (κ2) is 10.8. The van der Waals surface area contributed by atoms with E-state index in [0.29, 0.717) is 13.0 Å². The van der Waals surface area contributed by atoms with E-state index in [4.69, 9.17) is 0 Å². The first-order valence-electron chi connectivity index (χ1n) is 10.9. The van der Waals surface area contributed by atoms with Crippen molar-refractivity contribution in [3.05, 3.63) is 41.3 Å². The summed E-state index contributed by atoms with van der Waals surface area (Å²) in [6.07, 6.45) is 5.70. The summed E-state index contributed by atoms with van der Waals surface area (Å²) in [6.45, 7) is 4.48. The lowest BCUT2D eigenvalue weighted by Gasteiger charge is -2.17. The Morgan fingerprint density at radius 1 is 1.30 bits per heavy atom. The van der Waals surface area contributed by atoms with Gasteiger partial charge in [-0.15, -0.1) is 0 Å². The van der Waals surface area contributed by atoms with Gasteiger partial charge in [0.15, 0.2) is 0 Å². The third kappa shape index (κ3) is 7.26. The Hall–Kier alpha value is -2.99. The van der Waals surface area contributed by atoms with Crippen molar-refractivity contribution in [2.75, 3.05) is 24.2 Å². The van der Waals surface area contributed by atoms with Crippen molar-refractivity contribution in [2.24, 2.45) is 5.92 Å². The molecule has 11 nitrogen and oxygen atoms in total. The maximum Gasteiger partial charge on any atom is 0.323 e. The highest BCUT2D eigenvalue weighted by atomic mass is 32.2. The molecule has 2 aromatic heterocycles. The number of carbonyl (C=O) groups excluding carboxylic acids is 1. The number of hydrogen-bond donors (Lipinski definition) is 4. The maximum atomic E-state index is 12.4. The molecule has 0 bridgehead atoms. The third-order valence-corrected chi connectivity index (χ3v) is 6.83. The number of carbonyl (C=O) groups is 2. The summed E-state index contributed by atoms with van der Waals surface area (Å²) >= 11 is 0. The monoisotopic (exact) mass is 478 g/mol. The summed E-state index contributed by atoms with van der Waals surface area (Å²) < 4.78 is 27.8. The minimum atomic E-state index is -3.78. The van der Waals surface area contributed by atoms with E-state index in [1.54, 1.807) is 24.7 Å². The lowest BCUT2D eigenvalue weighted by molar-refractivity contribution is -0.138. The van der Waals surface area contributed by atoms with Gasteiger partial charge in [-0.3, -0.25) is 14.3 Å². The molecule has 33 heavy (non-hydrogen) atoms. The number of nitrogens with one attached hydrogen (secondary N) is 3. The number of pyridine rings is 1. The van der Waals surface area contributed by atoms with Gasteiger partial charge in [0.05, 0.1) is 17.5 Å². The van der Waals surface area contributed by atoms with Crippen LogP contribution in [0, 0.1) is 5.92 Å². The summed E-state index contributed by atoms with van der Waals surface area (Å²) in [4.78, 5) is 28.5. The summed E-state index contributed by atoms with van der Waals surface area (Å²) in [7, 11) is -3.78. The summed E-state index contributed by atoms with van der Waals surface area (Å²) in [5.41, 5.74) is 2.39. The van der Waals surface area contributed by atoms with Crippen LogP contribution >= 0.6 is 0 Å². The average molecular weight is 479 g/mol. The van der Waals surface area contributed by atoms with E-state index >= 15 is 0 Å². The van der Waals surface area contributed by atoms with Gasteiger partial charge in [-0.05, 0) is 30.4 Å². The number of amides is 1. The fourth-order valence-corrected chi connectivity index (χ4v) is 5.11. The fraction of sp³-hybridized carbons (Fsp3) is 0.524. The molecule has 1 unspecified atom stereocenters. The first-order valence-corrected chi connectivity index (χ1v) is 12.5. The first kappa shape index (κ1) is 24.6. The van der Waals surface area contributed by atoms with Crippen molar-refractivity contribution in [2.45, 2.75) is 45.7 Å². The number of sulfonamides is 1. The molecule has 3 heterocycles. The van der Waals surface area contributed by atoms with E-state index in [9.17, 15) is 23.1 Å². The molecule has 1 aliphatic rings. The smallest absolute Gasteiger partial charge is 0.323 e. The van der Waals surface area contributed by atoms with Crippen LogP contribution in [0.2, 0.25) is 0 Å². The van der Waals surface area contributed by atoms with Gasteiger partial charge in [-0.25, -0.2) is 13.4 Å². The van der Waals surface area contributed by atoms with E-state index in [1.165, 1.54) is 11.8 Å². The molecule has 0 aliphatic carbocycles. The fourth-order valence-electron chi connectivity index (χ4n) is 3.52. The zero-order valence-corrected chi connectivity index (χ0v) is 19.6. The Bertz CT molecular complexity index is 1100. The molecule has 0 fully saturated rings. The Morgan fingerprint density at radius 2 is 2.09 bits per heavy atom. The molecule has 0 saturated carbocycles. The number of aliphatic carboxylic acids is 1. The number of fused-ring (bicyclic) bond motifs is 1. The minimum Gasteiger partial charge on any atom is -0.480 e. The van der Waals surface area contributed by atoms with E-state index in [-0.39, 0.29) is 23.8 Å². The predicted molar refractivity (Wildman–Crippen MR) is 122 cm³/mol. The van der Waals surface area contributed by atoms with Gasteiger partial charge < -0.3 is 15.7 Å². The third-order valence-electron chi connectivity index (χ3n) is 5.08. The molecule has 180 valence electrons. The molecule has 0 saturated heterocycles. The average Bonchev–Trinajstić information content (AvgIpc) is 3.23. The molecule has 0 aromatic carbocycles. The van der Waals surface area contributed by atoms with Crippen LogP contribution in [0.3, 0.4) is 0 Å². The predicted octanol–water partition coefficient (Wildman–Crippen LogP) is 0.637. The Labute approximate surface area is 193 Å². The highest BCUT2D eigenvalue weighted by Crippen LogP contribution is 2.19. The number of aryl methyl sites for hydroxylation is 3. The van der Waals surface area contributed by atoms with Crippen molar-refractivity contribution in [3.8, 4) is 0 Å². The number of carboxylic acid groups (broad SMARTS) is 1. The summed E-state index contributed by atoms with van der Waals surface area (Å²) in [5, 5.41) is 19.2. The van der Waals surface area contributed by atoms with Gasteiger partial charge in [0.2, 0.25) is 10.0 Å². The highest BCUT2D eigenvalue weighted by Gasteiger charge is 2.25. The van der Waals surface area contributed by atoms with Crippen LogP contribution in [-0.4, -0.2) is 65.0 Å². The van der Waals surface area contributed by atoms with Crippen LogP contribution in [-0.2, 0) is 34.2 Å². The van der Waals surface area contributed by atoms with Gasteiger partial charge in [-0.2, -0.15) is 9.82 Å². The van der Waals surface area contributed by atoms with Crippen molar-refractivity contribution in [3.63, 3.8) is 0 Å². The number of aromatic nitrogens is 3. The number of hydrogen-bond acceptors (Lipinski definition) is 7. The van der Waals surface area contributed by atoms with Crippen molar-refractivity contribution in [1.82, 2.24) is 24.8 Å². The van der Waals surface area contributed by atoms with E-state index in [2.05, 4.69) is 31.5 Å². The molecular formula is C21H30N6O5S. The van der Waals surface area contributed by atoms with Crippen molar-refractivity contribution < 1.29 is 23.1 Å². The van der Waals surface area contributed by atoms with Crippen molar-refractivity contribution >= 4 is 27.7 Å². The van der Waals surface area contributed by atoms with Gasteiger partial charge in [0, 0.05) is 37.9 Å². The van der Waals surface area contributed by atoms with E-state index in [1.807, 2.05) is 6.07 Å². The SMILES string of the molecule is CC(C)CS(=O)(=O)NC(CNC(=O)c1cnn(CCc2ccc3c(n2)NCCC3)c1)C(=O)O. The highest BCUT2D eigenvalue weighted by molar-refractivity contribution is 7.89. The number of carboxylic acids is 1. The number of anilines is 1. The lowest BCUT2D eigenvalue weighted by Crippen LogP contribution is -2.49. The number of rotatable bonds is 11. The quantitative estimate of drug-likeness (QED) is 0.367. The summed E-state index contributed by atoms with van der Waals surface area (Å²) in [5.74, 6) is -1.34. The number of nitrogens with zero attached hydrogens (tertiary/aromatic N) is 3. The van der Waals surface area contributed by atoms with Gasteiger partial charge in [0.25, 0.3) is 5.91 Å². The zero-order valence-electron chi connectivity index (χ0n) is 18.7. The molecule has 3 rings (SSSR count). The molecule has 0 spiro atoms. The topological polar surface area (TPSA) is 155 Å². The maximum absolute atomic E-state index is 12.4. The normalized spacial score (nSPS) is 14.4. The van der Waals surface area contributed by atoms with Crippen LogP contribution in [0.1, 0.15) is 41.9 Å². The Kier molecular flexibility index (Phi) is 8.03. The van der Waals surface area contributed by atoms with Gasteiger partial charge in [-0.1, -0.05) is 19.9 Å². The molecule has 4 N–H and O–H groups in total. The van der Waals surface area contributed by atoms with Crippen LogP contribution < -0.4 is 15.4 Å². The van der Waals surface area contributed by atoms with E-state index < -0.39 is 27.9 Å². The van der Waals surface area contributed by atoms with Crippen LogP contribution in [0.15, 0.2) is 24.5 Å². The molecular weight excluding hydrogens is 448 g/mol. The standard InChI is InChI=1S/C21H30N6O5S/c1-14(2)13-33(31,32)26-18(21(29)30)11-23-20(28)16-10-24-27(12-16)9-7-17-6-5-15-4-3-8-22-19(15)25-17/h5-6,10,12,14,18,26H,3-4,7-9,11,13H2,1-2H3,(H,22,25)(H,23,28)(H,29,30). The Balaban J connectivity index is 1.53. The molecule has 1 amide bonds. The van der Waals surface area contributed by atoms with Crippen LogP contribution in [0.4, 0.5) is 5.82 Å². The molecule has 1 aliphatic heterocycles. The van der Waals surface area contributed by atoms with Crippen LogP contribution in [0.25, 0.3) is 0 Å². The van der Waals surface area contributed by atoms with Crippen LogP contribution in [0.5, 0.6) is 0 Å². The molecule has 0 radical (unpaired) electrons. The zero-order chi connectivity index (χ0) is 24.0.